The van der Waals surface area contributed by atoms with Gasteiger partial charge >= 0.3 is 0 Å². The number of hydrogen-bond acceptors (Lipinski definition) is 3. The fourth-order valence-electron chi connectivity index (χ4n) is 2.21. The Labute approximate surface area is 128 Å². The molecule has 1 aromatic carbocycles. The van der Waals surface area contributed by atoms with Crippen LogP contribution in [0.1, 0.15) is 38.7 Å². The van der Waals surface area contributed by atoms with Gasteiger partial charge in [0.15, 0.2) is 0 Å². The number of hydrogen-bond donors (Lipinski definition) is 2. The first kappa shape index (κ1) is 16.5. The summed E-state index contributed by atoms with van der Waals surface area (Å²) < 4.78 is 27.3. The highest BCUT2D eigenvalue weighted by atomic mass is 32.2. The Hall–Kier alpha value is -0.910. The molecule has 5 heteroatoms. The molecule has 1 aromatic rings. The molecule has 4 nitrogen and oxygen atoms in total. The Morgan fingerprint density at radius 1 is 1.19 bits per heavy atom. The van der Waals surface area contributed by atoms with E-state index in [1.807, 2.05) is 25.1 Å². The van der Waals surface area contributed by atoms with Crippen LogP contribution in [-0.2, 0) is 16.4 Å². The first-order valence-electron chi connectivity index (χ1n) is 7.76. The van der Waals surface area contributed by atoms with E-state index in [0.29, 0.717) is 12.6 Å². The van der Waals surface area contributed by atoms with Crippen molar-refractivity contribution in [2.45, 2.75) is 56.9 Å². The molecule has 1 saturated carbocycles. The molecular formula is C16H26N2O2S. The molecule has 1 aliphatic carbocycles. The fourth-order valence-corrected chi connectivity index (χ4v) is 3.44. The number of benzene rings is 1. The first-order valence-corrected chi connectivity index (χ1v) is 9.30. The van der Waals surface area contributed by atoms with Gasteiger partial charge in [0.05, 0.1) is 5.25 Å². The topological polar surface area (TPSA) is 58.2 Å². The van der Waals surface area contributed by atoms with Crippen LogP contribution < -0.4 is 10.0 Å². The number of aryl methyl sites for hydroxylation is 1. The second kappa shape index (κ2) is 7.38. The second-order valence-electron chi connectivity index (χ2n) is 6.08. The van der Waals surface area contributed by atoms with E-state index in [1.165, 1.54) is 18.4 Å². The van der Waals surface area contributed by atoms with E-state index >= 15 is 0 Å². The van der Waals surface area contributed by atoms with Crippen molar-refractivity contribution in [1.82, 2.24) is 10.0 Å². The maximum atomic E-state index is 12.2. The Morgan fingerprint density at radius 2 is 1.86 bits per heavy atom. The van der Waals surface area contributed by atoms with Gasteiger partial charge in [-0.05, 0) is 45.1 Å². The van der Waals surface area contributed by atoms with E-state index in [-0.39, 0.29) is 6.04 Å². The van der Waals surface area contributed by atoms with Crippen molar-refractivity contribution in [2.75, 3.05) is 6.54 Å². The molecule has 0 bridgehead atoms. The van der Waals surface area contributed by atoms with Gasteiger partial charge in [-0.1, -0.05) is 30.3 Å². The Balaban J connectivity index is 1.75. The van der Waals surface area contributed by atoms with Gasteiger partial charge in [-0.3, -0.25) is 0 Å². The second-order valence-corrected chi connectivity index (χ2v) is 8.21. The predicted molar refractivity (Wildman–Crippen MR) is 86.8 cm³/mol. The number of rotatable bonds is 9. The van der Waals surface area contributed by atoms with Gasteiger partial charge in [0.2, 0.25) is 10.0 Å². The third-order valence-electron chi connectivity index (χ3n) is 3.88. The normalized spacial score (nSPS) is 18.4. The lowest BCUT2D eigenvalue weighted by atomic mass is 10.1. The molecule has 1 fully saturated rings. The molecule has 0 aromatic heterocycles. The minimum atomic E-state index is -3.24. The van der Waals surface area contributed by atoms with E-state index in [9.17, 15) is 8.42 Å². The molecule has 2 N–H and O–H groups in total. The quantitative estimate of drug-likeness (QED) is 0.734. The van der Waals surface area contributed by atoms with Crippen LogP contribution in [0.15, 0.2) is 30.3 Å². The summed E-state index contributed by atoms with van der Waals surface area (Å²) >= 11 is 0. The summed E-state index contributed by atoms with van der Waals surface area (Å²) in [6.45, 7) is 4.23. The van der Waals surface area contributed by atoms with E-state index < -0.39 is 15.3 Å². The molecule has 2 unspecified atom stereocenters. The Morgan fingerprint density at radius 3 is 2.48 bits per heavy atom. The van der Waals surface area contributed by atoms with Crippen LogP contribution in [0, 0.1) is 0 Å². The van der Waals surface area contributed by atoms with Crippen molar-refractivity contribution in [3.63, 3.8) is 0 Å². The maximum Gasteiger partial charge on any atom is 0.215 e. The molecule has 2 atom stereocenters. The monoisotopic (exact) mass is 310 g/mol. The zero-order valence-electron chi connectivity index (χ0n) is 12.9. The van der Waals surface area contributed by atoms with Crippen molar-refractivity contribution in [3.8, 4) is 0 Å². The Kier molecular flexibility index (Phi) is 5.79. The van der Waals surface area contributed by atoms with Crippen LogP contribution >= 0.6 is 0 Å². The maximum absolute atomic E-state index is 12.2. The zero-order valence-corrected chi connectivity index (χ0v) is 13.7. The van der Waals surface area contributed by atoms with Crippen molar-refractivity contribution in [1.29, 1.82) is 0 Å². The van der Waals surface area contributed by atoms with Crippen LogP contribution in [0.5, 0.6) is 0 Å². The van der Waals surface area contributed by atoms with Gasteiger partial charge in [-0.2, -0.15) is 0 Å². The fraction of sp³-hybridized carbons (Fsp3) is 0.625. The van der Waals surface area contributed by atoms with Gasteiger partial charge in [-0.15, -0.1) is 0 Å². The molecule has 21 heavy (non-hydrogen) atoms. The molecule has 1 aliphatic rings. The molecule has 2 rings (SSSR count). The SMILES string of the molecule is CC(CCc1ccccc1)NS(=O)(=O)C(C)CNC1CC1. The first-order chi connectivity index (χ1) is 9.97. The summed E-state index contributed by atoms with van der Waals surface area (Å²) in [5.41, 5.74) is 1.24. The summed E-state index contributed by atoms with van der Waals surface area (Å²) in [6, 6.07) is 10.7. The van der Waals surface area contributed by atoms with Crippen molar-refractivity contribution < 1.29 is 8.42 Å². The third kappa shape index (κ3) is 5.77. The van der Waals surface area contributed by atoms with Crippen molar-refractivity contribution in [2.24, 2.45) is 0 Å². The van der Waals surface area contributed by atoms with Gasteiger partial charge in [0.25, 0.3) is 0 Å². The highest BCUT2D eigenvalue weighted by Gasteiger charge is 2.26. The van der Waals surface area contributed by atoms with Gasteiger partial charge in [-0.25, -0.2) is 13.1 Å². The number of sulfonamides is 1. The minimum absolute atomic E-state index is 0.0430. The van der Waals surface area contributed by atoms with Crippen LogP contribution in [0.3, 0.4) is 0 Å². The zero-order chi connectivity index (χ0) is 15.3. The lowest BCUT2D eigenvalue weighted by Crippen LogP contribution is -2.43. The van der Waals surface area contributed by atoms with Gasteiger partial charge < -0.3 is 5.32 Å². The van der Waals surface area contributed by atoms with E-state index in [2.05, 4.69) is 22.2 Å². The molecule has 0 amide bonds. The molecule has 118 valence electrons. The smallest absolute Gasteiger partial charge is 0.215 e. The van der Waals surface area contributed by atoms with Crippen molar-refractivity contribution in [3.05, 3.63) is 35.9 Å². The van der Waals surface area contributed by atoms with E-state index in [0.717, 1.165) is 12.8 Å². The van der Waals surface area contributed by atoms with Gasteiger partial charge in [0, 0.05) is 18.6 Å². The lowest BCUT2D eigenvalue weighted by Gasteiger charge is -2.19. The average molecular weight is 310 g/mol. The summed E-state index contributed by atoms with van der Waals surface area (Å²) in [5, 5.41) is 2.88. The van der Waals surface area contributed by atoms with Crippen LogP contribution in [0.4, 0.5) is 0 Å². The molecule has 0 saturated heterocycles. The minimum Gasteiger partial charge on any atom is -0.313 e. The van der Waals surface area contributed by atoms with Crippen LogP contribution in [-0.4, -0.2) is 32.3 Å². The molecule has 0 heterocycles. The van der Waals surface area contributed by atoms with Crippen LogP contribution in [0.2, 0.25) is 0 Å². The summed E-state index contributed by atoms with van der Waals surface area (Å²) in [5.74, 6) is 0. The molecule has 0 radical (unpaired) electrons. The molecule has 0 aliphatic heterocycles. The van der Waals surface area contributed by atoms with Gasteiger partial charge in [0.1, 0.15) is 0 Å². The van der Waals surface area contributed by atoms with Crippen LogP contribution in [0.25, 0.3) is 0 Å². The predicted octanol–water partition coefficient (Wildman–Crippen LogP) is 2.07. The Bertz CT molecular complexity index is 526. The standard InChI is InChI=1S/C16H26N2O2S/c1-13(8-9-15-6-4-3-5-7-15)18-21(19,20)14(2)12-17-16-10-11-16/h3-7,13-14,16-18H,8-12H2,1-2H3. The summed E-state index contributed by atoms with van der Waals surface area (Å²) in [4.78, 5) is 0. The molecular weight excluding hydrogens is 284 g/mol. The number of nitrogens with one attached hydrogen (secondary N) is 2. The highest BCUT2D eigenvalue weighted by molar-refractivity contribution is 7.90. The largest absolute Gasteiger partial charge is 0.313 e. The average Bonchev–Trinajstić information content (AvgIpc) is 3.27. The third-order valence-corrected chi connectivity index (χ3v) is 5.83. The summed E-state index contributed by atoms with van der Waals surface area (Å²) in [7, 11) is -3.24. The van der Waals surface area contributed by atoms with E-state index in [4.69, 9.17) is 0 Å². The highest BCUT2D eigenvalue weighted by Crippen LogP contribution is 2.18. The van der Waals surface area contributed by atoms with Crippen molar-refractivity contribution >= 4 is 10.0 Å². The summed E-state index contributed by atoms with van der Waals surface area (Å²) in [6.07, 6.45) is 4.05. The van der Waals surface area contributed by atoms with E-state index in [1.54, 1.807) is 6.92 Å². The molecule has 0 spiro atoms. The lowest BCUT2D eigenvalue weighted by molar-refractivity contribution is 0.529.